The highest BCUT2D eigenvalue weighted by Gasteiger charge is 2.58. The fourth-order valence-corrected chi connectivity index (χ4v) is 6.27. The minimum absolute atomic E-state index is 0. The normalized spacial score (nSPS) is 33.8. The number of phenols is 1. The molecule has 2 heterocycles. The second-order valence-corrected chi connectivity index (χ2v) is 10.0. The average Bonchev–Trinajstić information content (AvgIpc) is 2.59. The van der Waals surface area contributed by atoms with Crippen LogP contribution in [0.4, 0.5) is 0 Å². The highest BCUT2D eigenvalue weighted by molar-refractivity contribution is 5.85. The van der Waals surface area contributed by atoms with Crippen LogP contribution in [0.2, 0.25) is 0 Å². The number of fused-ring (bicyclic) bond motifs is 1. The summed E-state index contributed by atoms with van der Waals surface area (Å²) in [4.78, 5) is 2.76. The van der Waals surface area contributed by atoms with Crippen LogP contribution >= 0.6 is 12.4 Å². The number of hydrogen-bond donors (Lipinski definition) is 1. The summed E-state index contributed by atoms with van der Waals surface area (Å²) >= 11 is 0. The number of likely N-dealkylation sites (tertiary alicyclic amines) is 1. The highest BCUT2D eigenvalue weighted by atomic mass is 35.5. The van der Waals surface area contributed by atoms with E-state index in [-0.39, 0.29) is 23.4 Å². The second kappa shape index (κ2) is 7.07. The van der Waals surface area contributed by atoms with Crippen molar-refractivity contribution in [3.8, 4) is 11.5 Å². The van der Waals surface area contributed by atoms with Crippen LogP contribution in [0.25, 0.3) is 0 Å². The van der Waals surface area contributed by atoms with E-state index in [1.807, 2.05) is 0 Å². The van der Waals surface area contributed by atoms with Crippen molar-refractivity contribution in [3.63, 3.8) is 0 Å². The molecule has 5 rings (SSSR count). The van der Waals surface area contributed by atoms with Crippen molar-refractivity contribution in [1.29, 1.82) is 0 Å². The van der Waals surface area contributed by atoms with Crippen molar-refractivity contribution in [2.75, 3.05) is 26.8 Å². The summed E-state index contributed by atoms with van der Waals surface area (Å²) in [5, 5.41) is 10.8. The summed E-state index contributed by atoms with van der Waals surface area (Å²) < 4.78 is 11.9. The van der Waals surface area contributed by atoms with Crippen molar-refractivity contribution >= 4 is 12.4 Å². The van der Waals surface area contributed by atoms with Crippen LogP contribution in [-0.2, 0) is 16.6 Å². The van der Waals surface area contributed by atoms with Crippen LogP contribution in [0.3, 0.4) is 0 Å². The second-order valence-electron chi connectivity index (χ2n) is 10.0. The van der Waals surface area contributed by atoms with E-state index < -0.39 is 0 Å². The molecule has 4 aliphatic rings. The van der Waals surface area contributed by atoms with Crippen molar-refractivity contribution in [2.24, 2.45) is 11.8 Å². The van der Waals surface area contributed by atoms with Crippen LogP contribution in [0.5, 0.6) is 11.5 Å². The van der Waals surface area contributed by atoms with Crippen molar-refractivity contribution < 1.29 is 14.6 Å². The van der Waals surface area contributed by atoms with Gasteiger partial charge in [-0.3, -0.25) is 4.90 Å². The van der Waals surface area contributed by atoms with E-state index in [1.165, 1.54) is 31.4 Å². The third-order valence-electron chi connectivity index (χ3n) is 8.02. The summed E-state index contributed by atoms with van der Waals surface area (Å²) in [5.74, 6) is 2.65. The number of nitrogens with zero attached hydrogens (tertiary/aromatic N) is 1. The molecule has 0 spiro atoms. The Labute approximate surface area is 175 Å². The Hall–Kier alpha value is -0.970. The van der Waals surface area contributed by atoms with E-state index in [4.69, 9.17) is 9.47 Å². The maximum absolute atomic E-state index is 10.8. The van der Waals surface area contributed by atoms with E-state index in [2.05, 4.69) is 24.8 Å². The Kier molecular flexibility index (Phi) is 5.13. The van der Waals surface area contributed by atoms with E-state index in [9.17, 15) is 5.11 Å². The zero-order valence-corrected chi connectivity index (χ0v) is 18.2. The molecule has 1 N–H and O–H groups in total. The molecule has 1 aromatic carbocycles. The summed E-state index contributed by atoms with van der Waals surface area (Å²) in [5.41, 5.74) is 2.39. The first-order chi connectivity index (χ1) is 12.9. The molecule has 0 unspecified atom stereocenters. The Morgan fingerprint density at radius 3 is 2.75 bits per heavy atom. The number of piperidine rings is 1. The van der Waals surface area contributed by atoms with Gasteiger partial charge in [0.25, 0.3) is 0 Å². The molecule has 4 nitrogen and oxygen atoms in total. The van der Waals surface area contributed by atoms with E-state index >= 15 is 0 Å². The average molecular weight is 408 g/mol. The molecule has 0 aromatic heterocycles. The number of phenolic OH excluding ortho intramolecular Hbond substituents is 1. The molecule has 3 atom stereocenters. The van der Waals surface area contributed by atoms with E-state index in [0.29, 0.717) is 17.7 Å². The maximum Gasteiger partial charge on any atom is 0.122 e. The summed E-state index contributed by atoms with van der Waals surface area (Å²) in [7, 11) is 1.68. The van der Waals surface area contributed by atoms with Gasteiger partial charge in [-0.15, -0.1) is 12.4 Å². The number of benzene rings is 1. The lowest BCUT2D eigenvalue weighted by atomic mass is 9.54. The van der Waals surface area contributed by atoms with Gasteiger partial charge >= 0.3 is 0 Å². The van der Waals surface area contributed by atoms with Gasteiger partial charge in [-0.1, -0.05) is 6.42 Å². The van der Waals surface area contributed by atoms with Gasteiger partial charge in [0.2, 0.25) is 0 Å². The maximum atomic E-state index is 10.8. The van der Waals surface area contributed by atoms with Crippen LogP contribution in [0.1, 0.15) is 57.1 Å². The lowest BCUT2D eigenvalue weighted by Gasteiger charge is -2.61. The van der Waals surface area contributed by atoms with Gasteiger partial charge in [0.15, 0.2) is 0 Å². The van der Waals surface area contributed by atoms with Gasteiger partial charge in [0.05, 0.1) is 19.3 Å². The number of rotatable bonds is 3. The lowest BCUT2D eigenvalue weighted by molar-refractivity contribution is -0.158. The number of hydrogen-bond acceptors (Lipinski definition) is 4. The first kappa shape index (κ1) is 20.3. The molecule has 1 aromatic rings. The van der Waals surface area contributed by atoms with Gasteiger partial charge in [0, 0.05) is 24.1 Å². The summed E-state index contributed by atoms with van der Waals surface area (Å²) in [6.45, 7) is 7.64. The molecule has 0 radical (unpaired) electrons. The Morgan fingerprint density at radius 2 is 2.07 bits per heavy atom. The predicted octanol–water partition coefficient (Wildman–Crippen LogP) is 4.31. The van der Waals surface area contributed by atoms with E-state index in [0.717, 1.165) is 49.6 Å². The number of aromatic hydroxyl groups is 1. The van der Waals surface area contributed by atoms with Gasteiger partial charge in [-0.2, -0.15) is 0 Å². The summed E-state index contributed by atoms with van der Waals surface area (Å²) in [6.07, 6.45) is 7.37. The first-order valence-electron chi connectivity index (χ1n) is 10.7. The Balaban J connectivity index is 0.00000192. The molecular formula is C23H34ClNO3. The molecule has 2 bridgehead atoms. The zero-order valence-electron chi connectivity index (χ0n) is 17.4. The molecule has 156 valence electrons. The van der Waals surface area contributed by atoms with Crippen molar-refractivity contribution in [2.45, 2.75) is 69.4 Å². The number of methoxy groups -OCH3 is 1. The highest BCUT2D eigenvalue weighted by Crippen LogP contribution is 2.57. The molecule has 1 saturated carbocycles. The SMILES string of the molecule is COc1cc(O)c2c(c1)[C@]13CCN(CC4CCC4)[C@H](C2)[C@@H]1CC(C)(C)OC3.Cl. The van der Waals surface area contributed by atoms with Gasteiger partial charge in [-0.25, -0.2) is 0 Å². The smallest absolute Gasteiger partial charge is 0.122 e. The fourth-order valence-electron chi connectivity index (χ4n) is 6.27. The van der Waals surface area contributed by atoms with Crippen molar-refractivity contribution in [1.82, 2.24) is 4.90 Å². The largest absolute Gasteiger partial charge is 0.508 e. The first-order valence-corrected chi connectivity index (χ1v) is 10.7. The quantitative estimate of drug-likeness (QED) is 0.810. The van der Waals surface area contributed by atoms with E-state index in [1.54, 1.807) is 13.2 Å². The molecular weight excluding hydrogens is 374 g/mol. The number of halogens is 1. The van der Waals surface area contributed by atoms with Gasteiger partial charge < -0.3 is 14.6 Å². The Morgan fingerprint density at radius 1 is 1.29 bits per heavy atom. The third-order valence-corrected chi connectivity index (χ3v) is 8.02. The lowest BCUT2D eigenvalue weighted by Crippen LogP contribution is -2.66. The fraction of sp³-hybridized carbons (Fsp3) is 0.739. The zero-order chi connectivity index (χ0) is 18.8. The molecule has 0 amide bonds. The standard InChI is InChI=1S/C23H33NO3.ClH/c1-22(2)12-19-20-11-17-18(9-16(26-3)10-21(17)25)23(19,14-27-22)7-8-24(20)13-15-5-4-6-15;/h9-10,15,19-20,25H,4-8,11-14H2,1-3H3;1H/t19-,20+,23+;/m0./s1. The summed E-state index contributed by atoms with van der Waals surface area (Å²) in [6, 6.07) is 4.49. The van der Waals surface area contributed by atoms with Gasteiger partial charge in [-0.05, 0) is 81.5 Å². The van der Waals surface area contributed by atoms with Gasteiger partial charge in [0.1, 0.15) is 11.5 Å². The molecule has 2 saturated heterocycles. The molecule has 5 heteroatoms. The van der Waals surface area contributed by atoms with Crippen LogP contribution in [0, 0.1) is 11.8 Å². The Bertz CT molecular complexity index is 748. The molecule has 28 heavy (non-hydrogen) atoms. The topological polar surface area (TPSA) is 41.9 Å². The van der Waals surface area contributed by atoms with Crippen LogP contribution in [-0.4, -0.2) is 48.5 Å². The monoisotopic (exact) mass is 407 g/mol. The number of ether oxygens (including phenoxy) is 2. The predicted molar refractivity (Wildman–Crippen MR) is 113 cm³/mol. The molecule has 2 aliphatic heterocycles. The third kappa shape index (κ3) is 3.03. The molecule has 3 fully saturated rings. The molecule has 2 aliphatic carbocycles. The van der Waals surface area contributed by atoms with Crippen LogP contribution in [0.15, 0.2) is 12.1 Å². The minimum Gasteiger partial charge on any atom is -0.508 e. The minimum atomic E-state index is -0.0652. The van der Waals surface area contributed by atoms with Crippen molar-refractivity contribution in [3.05, 3.63) is 23.3 Å². The van der Waals surface area contributed by atoms with Crippen LogP contribution < -0.4 is 4.74 Å².